The fourth-order valence-electron chi connectivity index (χ4n) is 1.89. The van der Waals surface area contributed by atoms with Gasteiger partial charge in [0, 0.05) is 18.3 Å². The topological polar surface area (TPSA) is 93.4 Å². The number of hydrogen-bond donors (Lipinski definition) is 2. The van der Waals surface area contributed by atoms with Gasteiger partial charge in [0.1, 0.15) is 0 Å². The zero-order valence-corrected chi connectivity index (χ0v) is 12.4. The van der Waals surface area contributed by atoms with E-state index in [0.29, 0.717) is 17.8 Å². The molecule has 0 radical (unpaired) electrons. The normalized spacial score (nSPS) is 10.0. The lowest BCUT2D eigenvalue weighted by Crippen LogP contribution is -2.40. The van der Waals surface area contributed by atoms with Gasteiger partial charge < -0.3 is 15.3 Å². The first kappa shape index (κ1) is 16.5. The molecule has 6 nitrogen and oxygen atoms in total. The van der Waals surface area contributed by atoms with E-state index in [4.69, 9.17) is 10.4 Å². The lowest BCUT2D eigenvalue weighted by atomic mass is 10.1. The Bertz CT molecular complexity index is 576. The SMILES string of the molecule is Cc1cc(C(=O)O)ccc1NC(=O)N(CCC#N)C(C)C. The molecule has 0 aromatic heterocycles. The molecular weight excluding hydrogens is 270 g/mol. The van der Waals surface area contributed by atoms with Crippen LogP contribution in [0.1, 0.15) is 36.2 Å². The molecule has 6 heteroatoms. The second-order valence-corrected chi connectivity index (χ2v) is 4.96. The van der Waals surface area contributed by atoms with Gasteiger partial charge in [-0.1, -0.05) is 0 Å². The zero-order valence-electron chi connectivity index (χ0n) is 12.4. The molecule has 1 aromatic carbocycles. The summed E-state index contributed by atoms with van der Waals surface area (Å²) in [6.07, 6.45) is 0.266. The van der Waals surface area contributed by atoms with Gasteiger partial charge in [-0.25, -0.2) is 9.59 Å². The summed E-state index contributed by atoms with van der Waals surface area (Å²) in [5, 5.41) is 20.3. The van der Waals surface area contributed by atoms with E-state index >= 15 is 0 Å². The molecule has 1 aromatic rings. The molecule has 21 heavy (non-hydrogen) atoms. The minimum Gasteiger partial charge on any atom is -0.478 e. The Balaban J connectivity index is 2.86. The zero-order chi connectivity index (χ0) is 16.0. The van der Waals surface area contributed by atoms with Crippen molar-refractivity contribution >= 4 is 17.7 Å². The summed E-state index contributed by atoms with van der Waals surface area (Å²) in [6, 6.07) is 6.21. The summed E-state index contributed by atoms with van der Waals surface area (Å²) in [6.45, 7) is 5.83. The Morgan fingerprint density at radius 2 is 2.10 bits per heavy atom. The maximum Gasteiger partial charge on any atom is 0.335 e. The van der Waals surface area contributed by atoms with Crippen molar-refractivity contribution in [1.29, 1.82) is 5.26 Å². The fourth-order valence-corrected chi connectivity index (χ4v) is 1.89. The summed E-state index contributed by atoms with van der Waals surface area (Å²) in [7, 11) is 0. The highest BCUT2D eigenvalue weighted by Gasteiger charge is 2.17. The Morgan fingerprint density at radius 1 is 1.43 bits per heavy atom. The second-order valence-electron chi connectivity index (χ2n) is 4.96. The first-order chi connectivity index (χ1) is 9.86. The number of carboxylic acids is 1. The number of amides is 2. The Kier molecular flexibility index (Phi) is 5.73. The minimum atomic E-state index is -1.01. The number of nitrogens with one attached hydrogen (secondary N) is 1. The fraction of sp³-hybridized carbons (Fsp3) is 0.400. The highest BCUT2D eigenvalue weighted by atomic mass is 16.4. The van der Waals surface area contributed by atoms with E-state index in [1.807, 2.05) is 19.9 Å². The standard InChI is InChI=1S/C15H19N3O3/c1-10(2)18(8-4-7-16)15(21)17-13-6-5-12(14(19)20)9-11(13)3/h5-6,9-10H,4,8H2,1-3H3,(H,17,21)(H,19,20). The van der Waals surface area contributed by atoms with Crippen LogP contribution in [-0.4, -0.2) is 34.6 Å². The predicted molar refractivity (Wildman–Crippen MR) is 79.2 cm³/mol. The van der Waals surface area contributed by atoms with Crippen molar-refractivity contribution < 1.29 is 14.7 Å². The van der Waals surface area contributed by atoms with Crippen LogP contribution < -0.4 is 5.32 Å². The maximum absolute atomic E-state index is 12.2. The summed E-state index contributed by atoms with van der Waals surface area (Å²) >= 11 is 0. The van der Waals surface area contributed by atoms with E-state index in [1.54, 1.807) is 17.9 Å². The third kappa shape index (κ3) is 4.49. The maximum atomic E-state index is 12.2. The largest absolute Gasteiger partial charge is 0.478 e. The molecule has 0 atom stereocenters. The summed E-state index contributed by atoms with van der Waals surface area (Å²) in [4.78, 5) is 24.7. The number of aromatic carboxylic acids is 1. The summed E-state index contributed by atoms with van der Waals surface area (Å²) in [5.74, 6) is -1.01. The van der Waals surface area contributed by atoms with Gasteiger partial charge in [-0.15, -0.1) is 0 Å². The highest BCUT2D eigenvalue weighted by molar-refractivity contribution is 5.92. The van der Waals surface area contributed by atoms with Crippen LogP contribution in [0, 0.1) is 18.3 Å². The molecule has 0 aliphatic heterocycles. The molecule has 1 rings (SSSR count). The van der Waals surface area contributed by atoms with Crippen LogP contribution in [0.25, 0.3) is 0 Å². The Hall–Kier alpha value is -2.55. The van der Waals surface area contributed by atoms with Crippen LogP contribution in [0.15, 0.2) is 18.2 Å². The Morgan fingerprint density at radius 3 is 2.57 bits per heavy atom. The third-order valence-corrected chi connectivity index (χ3v) is 3.06. The van der Waals surface area contributed by atoms with Crippen LogP contribution in [0.4, 0.5) is 10.5 Å². The van der Waals surface area contributed by atoms with E-state index in [2.05, 4.69) is 5.32 Å². The molecule has 2 amide bonds. The molecule has 112 valence electrons. The molecular formula is C15H19N3O3. The highest BCUT2D eigenvalue weighted by Crippen LogP contribution is 2.17. The molecule has 2 N–H and O–H groups in total. The molecule has 0 heterocycles. The number of anilines is 1. The monoisotopic (exact) mass is 289 g/mol. The number of carbonyl (C=O) groups excluding carboxylic acids is 1. The molecule has 0 aliphatic rings. The van der Waals surface area contributed by atoms with Crippen molar-refractivity contribution in [2.24, 2.45) is 0 Å². The average molecular weight is 289 g/mol. The minimum absolute atomic E-state index is 0.0306. The van der Waals surface area contributed by atoms with Crippen molar-refractivity contribution in [2.45, 2.75) is 33.2 Å². The van der Waals surface area contributed by atoms with Crippen molar-refractivity contribution in [3.63, 3.8) is 0 Å². The molecule has 0 saturated heterocycles. The van der Waals surface area contributed by atoms with E-state index < -0.39 is 5.97 Å². The molecule has 0 bridgehead atoms. The smallest absolute Gasteiger partial charge is 0.335 e. The first-order valence-corrected chi connectivity index (χ1v) is 6.65. The third-order valence-electron chi connectivity index (χ3n) is 3.06. The molecule has 0 aliphatic carbocycles. The number of carboxylic acid groups (broad SMARTS) is 1. The molecule has 0 fully saturated rings. The average Bonchev–Trinajstić information content (AvgIpc) is 2.40. The van der Waals surface area contributed by atoms with Crippen LogP contribution in [0.5, 0.6) is 0 Å². The van der Waals surface area contributed by atoms with Crippen molar-refractivity contribution in [3.8, 4) is 6.07 Å². The van der Waals surface area contributed by atoms with Gasteiger partial charge in [0.05, 0.1) is 18.1 Å². The van der Waals surface area contributed by atoms with E-state index in [1.165, 1.54) is 12.1 Å². The predicted octanol–water partition coefficient (Wildman–Crippen LogP) is 2.85. The number of nitrogens with zero attached hydrogens (tertiary/aromatic N) is 2. The van der Waals surface area contributed by atoms with E-state index in [0.717, 1.165) is 0 Å². The number of rotatable bonds is 5. The van der Waals surface area contributed by atoms with Gasteiger partial charge in [-0.05, 0) is 44.5 Å². The number of carbonyl (C=O) groups is 2. The number of urea groups is 1. The van der Waals surface area contributed by atoms with Gasteiger partial charge in [0.25, 0.3) is 0 Å². The van der Waals surface area contributed by atoms with Crippen LogP contribution in [0.3, 0.4) is 0 Å². The van der Waals surface area contributed by atoms with Gasteiger partial charge in [0.15, 0.2) is 0 Å². The van der Waals surface area contributed by atoms with Crippen molar-refractivity contribution in [1.82, 2.24) is 4.90 Å². The Labute approximate surface area is 124 Å². The van der Waals surface area contributed by atoms with Gasteiger partial charge >= 0.3 is 12.0 Å². The first-order valence-electron chi connectivity index (χ1n) is 6.65. The quantitative estimate of drug-likeness (QED) is 0.871. The molecule has 0 unspecified atom stereocenters. The summed E-state index contributed by atoms with van der Waals surface area (Å²) < 4.78 is 0. The number of nitriles is 1. The van der Waals surface area contributed by atoms with Crippen molar-refractivity contribution in [3.05, 3.63) is 29.3 Å². The van der Waals surface area contributed by atoms with Gasteiger partial charge in [-0.3, -0.25) is 0 Å². The van der Waals surface area contributed by atoms with Crippen LogP contribution in [-0.2, 0) is 0 Å². The lowest BCUT2D eigenvalue weighted by Gasteiger charge is -2.26. The van der Waals surface area contributed by atoms with Crippen molar-refractivity contribution in [2.75, 3.05) is 11.9 Å². The number of benzene rings is 1. The van der Waals surface area contributed by atoms with Crippen LogP contribution in [0.2, 0.25) is 0 Å². The molecule has 0 spiro atoms. The number of aryl methyl sites for hydroxylation is 1. The lowest BCUT2D eigenvalue weighted by molar-refractivity contribution is 0.0697. The van der Waals surface area contributed by atoms with E-state index in [9.17, 15) is 9.59 Å². The van der Waals surface area contributed by atoms with Crippen LogP contribution >= 0.6 is 0 Å². The summed E-state index contributed by atoms with van der Waals surface area (Å²) in [5.41, 5.74) is 1.41. The second kappa shape index (κ2) is 7.29. The number of hydrogen-bond acceptors (Lipinski definition) is 3. The van der Waals surface area contributed by atoms with Gasteiger partial charge in [-0.2, -0.15) is 5.26 Å². The van der Waals surface area contributed by atoms with Gasteiger partial charge in [0.2, 0.25) is 0 Å². The van der Waals surface area contributed by atoms with E-state index in [-0.39, 0.29) is 24.1 Å². The molecule has 0 saturated carbocycles.